The number of sulfonamides is 1. The maximum Gasteiger partial charge on any atom is 0.262 e. The predicted molar refractivity (Wildman–Crippen MR) is 104 cm³/mol. The maximum atomic E-state index is 12.6. The fraction of sp³-hybridized carbons (Fsp3) is 0.350. The van der Waals surface area contributed by atoms with Gasteiger partial charge in [-0.2, -0.15) is 0 Å². The Labute approximate surface area is 160 Å². The van der Waals surface area contributed by atoms with Gasteiger partial charge in [0.2, 0.25) is 5.91 Å². The second-order valence-corrected chi connectivity index (χ2v) is 8.75. The summed E-state index contributed by atoms with van der Waals surface area (Å²) in [5.74, 6) is 0.502. The molecule has 1 amide bonds. The average Bonchev–Trinajstić information content (AvgIpc) is 3.43. The van der Waals surface area contributed by atoms with Gasteiger partial charge in [0.1, 0.15) is 5.75 Å². The normalized spacial score (nSPS) is 15.3. The van der Waals surface area contributed by atoms with E-state index in [4.69, 9.17) is 4.74 Å². The lowest BCUT2D eigenvalue weighted by Crippen LogP contribution is -2.38. The number of nitrogens with one attached hydrogen (secondary N) is 2. The minimum Gasteiger partial charge on any atom is -0.497 e. The van der Waals surface area contributed by atoms with Crippen LogP contribution in [0, 0.1) is 0 Å². The van der Waals surface area contributed by atoms with Crippen LogP contribution >= 0.6 is 0 Å². The molecule has 2 aromatic carbocycles. The number of hydrogen-bond acceptors (Lipinski definition) is 4. The highest BCUT2D eigenvalue weighted by atomic mass is 32.2. The van der Waals surface area contributed by atoms with Crippen molar-refractivity contribution in [3.63, 3.8) is 0 Å². The molecule has 7 heteroatoms. The Morgan fingerprint density at radius 2 is 1.78 bits per heavy atom. The molecule has 3 rings (SSSR count). The fourth-order valence-electron chi connectivity index (χ4n) is 3.01. The van der Waals surface area contributed by atoms with Gasteiger partial charge in [-0.1, -0.05) is 18.2 Å². The molecule has 1 aliphatic carbocycles. The average molecular weight is 388 g/mol. The summed E-state index contributed by atoms with van der Waals surface area (Å²) in [6.45, 7) is 3.87. The third-order valence-electron chi connectivity index (χ3n) is 4.65. The number of methoxy groups -OCH3 is 1. The first-order valence-corrected chi connectivity index (χ1v) is 10.3. The van der Waals surface area contributed by atoms with Crippen LogP contribution in [-0.2, 0) is 20.2 Å². The topological polar surface area (TPSA) is 84.5 Å². The van der Waals surface area contributed by atoms with Crippen molar-refractivity contribution in [1.82, 2.24) is 5.32 Å². The Hall–Kier alpha value is -2.54. The molecule has 0 bridgehead atoms. The Balaban J connectivity index is 1.77. The van der Waals surface area contributed by atoms with Crippen molar-refractivity contribution in [2.75, 3.05) is 11.8 Å². The van der Waals surface area contributed by atoms with Crippen molar-refractivity contribution >= 4 is 21.6 Å². The van der Waals surface area contributed by atoms with E-state index in [2.05, 4.69) is 10.0 Å². The van der Waals surface area contributed by atoms with Gasteiger partial charge in [0.25, 0.3) is 10.0 Å². The van der Waals surface area contributed by atoms with E-state index < -0.39 is 15.4 Å². The van der Waals surface area contributed by atoms with E-state index in [1.54, 1.807) is 24.3 Å². The largest absolute Gasteiger partial charge is 0.497 e. The highest BCUT2D eigenvalue weighted by Gasteiger charge is 2.51. The summed E-state index contributed by atoms with van der Waals surface area (Å²) in [6, 6.07) is 13.4. The van der Waals surface area contributed by atoms with Crippen LogP contribution in [-0.4, -0.2) is 27.5 Å². The molecule has 1 saturated carbocycles. The van der Waals surface area contributed by atoms with Crippen molar-refractivity contribution in [3.05, 3.63) is 54.1 Å². The molecule has 1 aliphatic rings. The summed E-state index contributed by atoms with van der Waals surface area (Å²) >= 11 is 0. The molecule has 6 nitrogen and oxygen atoms in total. The van der Waals surface area contributed by atoms with E-state index in [1.165, 1.54) is 19.2 Å². The van der Waals surface area contributed by atoms with Gasteiger partial charge in [0, 0.05) is 17.8 Å². The van der Waals surface area contributed by atoms with Crippen molar-refractivity contribution in [3.8, 4) is 5.75 Å². The molecule has 0 saturated heterocycles. The monoisotopic (exact) mass is 388 g/mol. The molecule has 0 unspecified atom stereocenters. The van der Waals surface area contributed by atoms with Gasteiger partial charge in [0.15, 0.2) is 0 Å². The summed E-state index contributed by atoms with van der Waals surface area (Å²) in [4.78, 5) is 12.6. The van der Waals surface area contributed by atoms with Crippen molar-refractivity contribution < 1.29 is 17.9 Å². The van der Waals surface area contributed by atoms with Crippen LogP contribution in [0.25, 0.3) is 0 Å². The second-order valence-electron chi connectivity index (χ2n) is 7.07. The number of rotatable bonds is 7. The summed E-state index contributed by atoms with van der Waals surface area (Å²) in [6.07, 6.45) is 1.61. The zero-order valence-electron chi connectivity index (χ0n) is 15.7. The van der Waals surface area contributed by atoms with Crippen LogP contribution in [0.2, 0.25) is 0 Å². The van der Waals surface area contributed by atoms with E-state index in [0.717, 1.165) is 18.4 Å². The molecule has 27 heavy (non-hydrogen) atoms. The lowest BCUT2D eigenvalue weighted by atomic mass is 9.94. The first-order valence-electron chi connectivity index (χ1n) is 8.85. The lowest BCUT2D eigenvalue weighted by Gasteiger charge is -2.18. The molecular formula is C20H24N2O4S. The lowest BCUT2D eigenvalue weighted by molar-refractivity contribution is -0.124. The number of amides is 1. The fourth-order valence-corrected chi connectivity index (χ4v) is 4.11. The number of benzene rings is 2. The van der Waals surface area contributed by atoms with Gasteiger partial charge in [0.05, 0.1) is 17.4 Å². The number of anilines is 1. The van der Waals surface area contributed by atoms with Crippen molar-refractivity contribution in [2.45, 2.75) is 43.0 Å². The highest BCUT2D eigenvalue weighted by molar-refractivity contribution is 7.92. The van der Waals surface area contributed by atoms with Crippen LogP contribution in [0.5, 0.6) is 5.75 Å². The summed E-state index contributed by atoms with van der Waals surface area (Å²) in [5.41, 5.74) is 0.876. The Morgan fingerprint density at radius 3 is 2.33 bits per heavy atom. The number of carbonyl (C=O) groups excluding carboxylic acids is 1. The molecule has 2 N–H and O–H groups in total. The minimum absolute atomic E-state index is 0.0298. The van der Waals surface area contributed by atoms with Gasteiger partial charge in [-0.3, -0.25) is 9.52 Å². The number of carbonyl (C=O) groups is 1. The predicted octanol–water partition coefficient (Wildman–Crippen LogP) is 3.05. The van der Waals surface area contributed by atoms with Crippen LogP contribution in [0.15, 0.2) is 53.4 Å². The molecule has 0 aliphatic heterocycles. The highest BCUT2D eigenvalue weighted by Crippen LogP contribution is 2.48. The summed E-state index contributed by atoms with van der Waals surface area (Å²) in [7, 11) is -2.23. The first-order chi connectivity index (χ1) is 12.8. The quantitative estimate of drug-likeness (QED) is 0.763. The van der Waals surface area contributed by atoms with Gasteiger partial charge in [-0.05, 0) is 56.5 Å². The summed E-state index contributed by atoms with van der Waals surface area (Å²) < 4.78 is 32.8. The van der Waals surface area contributed by atoms with Crippen LogP contribution in [0.1, 0.15) is 32.3 Å². The molecular weight excluding hydrogens is 364 g/mol. The molecule has 0 spiro atoms. The SMILES string of the molecule is COc1cccc(S(=O)(=O)Nc2ccc(C3(C(=O)NC(C)C)CC3)cc2)c1. The molecule has 0 atom stereocenters. The van der Waals surface area contributed by atoms with Gasteiger partial charge in [-0.25, -0.2) is 8.42 Å². The standard InChI is InChI=1S/C20H24N2O4S/c1-14(2)21-19(23)20(11-12-20)15-7-9-16(10-8-15)22-27(24,25)18-6-4-5-17(13-18)26-3/h4-10,13-14,22H,11-12H2,1-3H3,(H,21,23). The van der Waals surface area contributed by atoms with Crippen molar-refractivity contribution in [1.29, 1.82) is 0 Å². The molecule has 1 fully saturated rings. The molecule has 0 radical (unpaired) electrons. The van der Waals surface area contributed by atoms with Gasteiger partial charge < -0.3 is 10.1 Å². The van der Waals surface area contributed by atoms with Gasteiger partial charge in [-0.15, -0.1) is 0 Å². The zero-order chi connectivity index (χ0) is 19.7. The third-order valence-corrected chi connectivity index (χ3v) is 6.02. The first kappa shape index (κ1) is 19.2. The van der Waals surface area contributed by atoms with E-state index in [0.29, 0.717) is 11.4 Å². The van der Waals surface area contributed by atoms with E-state index in [9.17, 15) is 13.2 Å². The molecule has 144 valence electrons. The smallest absolute Gasteiger partial charge is 0.262 e. The van der Waals surface area contributed by atoms with E-state index in [1.807, 2.05) is 26.0 Å². The Kier molecular flexibility index (Phi) is 5.15. The molecule has 0 aromatic heterocycles. The molecule has 2 aromatic rings. The maximum absolute atomic E-state index is 12.6. The number of ether oxygens (including phenoxy) is 1. The van der Waals surface area contributed by atoms with Gasteiger partial charge >= 0.3 is 0 Å². The Bertz CT molecular complexity index is 933. The number of hydrogen-bond donors (Lipinski definition) is 2. The van der Waals surface area contributed by atoms with Crippen molar-refractivity contribution in [2.24, 2.45) is 0 Å². The Morgan fingerprint density at radius 1 is 1.11 bits per heavy atom. The van der Waals surface area contributed by atoms with Crippen LogP contribution in [0.3, 0.4) is 0 Å². The van der Waals surface area contributed by atoms with E-state index >= 15 is 0 Å². The third kappa shape index (κ3) is 4.08. The molecule has 0 heterocycles. The second kappa shape index (κ2) is 7.23. The van der Waals surface area contributed by atoms with Crippen LogP contribution in [0.4, 0.5) is 5.69 Å². The zero-order valence-corrected chi connectivity index (χ0v) is 16.5. The summed E-state index contributed by atoms with van der Waals surface area (Å²) in [5, 5.41) is 2.97. The minimum atomic E-state index is -3.72. The van der Waals surface area contributed by atoms with E-state index in [-0.39, 0.29) is 16.8 Å². The van der Waals surface area contributed by atoms with Crippen LogP contribution < -0.4 is 14.8 Å².